The van der Waals surface area contributed by atoms with Gasteiger partial charge in [0.05, 0.1) is 94.8 Å². The van der Waals surface area contributed by atoms with Crippen LogP contribution in [0.15, 0.2) is 0 Å². The van der Waals surface area contributed by atoms with E-state index in [4.69, 9.17) is 75.8 Å². The number of carboxylic acid groups (broad SMARTS) is 4. The number of aliphatic hydroxyl groups excluding tert-OH is 24. The van der Waals surface area contributed by atoms with Gasteiger partial charge in [-0.3, -0.25) is 28.8 Å². The van der Waals surface area contributed by atoms with Crippen LogP contribution in [0.2, 0.25) is 0 Å². The number of aliphatic hydroxyl groups is 24. The van der Waals surface area contributed by atoms with Gasteiger partial charge in [0, 0.05) is 67.2 Å². The van der Waals surface area contributed by atoms with Crippen LogP contribution in [0, 0.1) is 0 Å². The van der Waals surface area contributed by atoms with Gasteiger partial charge in [-0.15, -0.1) is 0 Å². The Morgan fingerprint density at radius 3 is 1.02 bits per heavy atom. The Hall–Kier alpha value is -6.86. The molecule has 0 aromatic heterocycles. The fourth-order valence-corrected chi connectivity index (χ4v) is 16.5. The Labute approximate surface area is 738 Å². The predicted octanol–water partition coefficient (Wildman–Crippen LogP) is -20.3. The van der Waals surface area contributed by atoms with Gasteiger partial charge in [-0.1, -0.05) is 0 Å². The second-order valence-electron chi connectivity index (χ2n) is 32.4. The average Bonchev–Trinajstić information content (AvgIpc) is 0.799. The van der Waals surface area contributed by atoms with Crippen LogP contribution in [-0.2, 0) is 124 Å². The molecular formula is C72H115N5O54. The molecule has 0 bridgehead atoms. The zero-order valence-corrected chi connectivity index (χ0v) is 70.2. The van der Waals surface area contributed by atoms with Crippen LogP contribution in [0.4, 0.5) is 0 Å². The van der Waals surface area contributed by atoms with E-state index in [1.54, 1.807) is 0 Å². The third kappa shape index (κ3) is 24.4. The van der Waals surface area contributed by atoms with Crippen molar-refractivity contribution in [2.24, 2.45) is 0 Å². The van der Waals surface area contributed by atoms with Crippen LogP contribution in [-0.4, -0.2) is 523 Å². The molecule has 33 N–H and O–H groups in total. The van der Waals surface area contributed by atoms with Gasteiger partial charge in [-0.2, -0.15) is 0 Å². The molecule has 5 amide bonds. The van der Waals surface area contributed by atoms with Crippen molar-refractivity contribution in [1.29, 1.82) is 0 Å². The van der Waals surface area contributed by atoms with Crippen LogP contribution in [0.5, 0.6) is 0 Å². The van der Waals surface area contributed by atoms with Gasteiger partial charge in [-0.25, -0.2) is 19.2 Å². The minimum Gasteiger partial charge on any atom is -0.477 e. The van der Waals surface area contributed by atoms with E-state index in [9.17, 15) is 191 Å². The van der Waals surface area contributed by atoms with Gasteiger partial charge in [-0.05, 0) is 0 Å². The fourth-order valence-electron chi connectivity index (χ4n) is 16.5. The van der Waals surface area contributed by atoms with Crippen molar-refractivity contribution in [2.45, 2.75) is 335 Å². The van der Waals surface area contributed by atoms with Gasteiger partial charge < -0.3 is 245 Å². The Bertz CT molecular complexity index is 3850. The number of rotatable bonds is 40. The lowest BCUT2D eigenvalue weighted by Gasteiger charge is -2.53. The number of hydrogen-bond donors (Lipinski definition) is 33. The Morgan fingerprint density at radius 2 is 0.649 bits per heavy atom. The van der Waals surface area contributed by atoms with Gasteiger partial charge in [0.15, 0.2) is 25.2 Å². The maximum absolute atomic E-state index is 14.5. The number of carbonyl (C=O) groups is 10. The van der Waals surface area contributed by atoms with Crippen LogP contribution < -0.4 is 26.6 Å². The lowest BCUT2D eigenvalue weighted by atomic mass is 9.86. The monoisotopic (exact) mass is 1910 g/mol. The van der Waals surface area contributed by atoms with Crippen molar-refractivity contribution in [3.8, 4) is 0 Å². The minimum absolute atomic E-state index is 0.752. The highest BCUT2D eigenvalue weighted by Gasteiger charge is 2.67. The maximum Gasteiger partial charge on any atom is 0.364 e. The molecule has 8 fully saturated rings. The second-order valence-corrected chi connectivity index (χ2v) is 32.4. The smallest absolute Gasteiger partial charge is 0.364 e. The number of hydrogen-bond acceptors (Lipinski definition) is 50. The van der Waals surface area contributed by atoms with E-state index in [1.807, 2.05) is 0 Å². The van der Waals surface area contributed by atoms with Gasteiger partial charge in [0.25, 0.3) is 23.1 Å². The van der Waals surface area contributed by atoms with E-state index in [1.165, 1.54) is 0 Å². The highest BCUT2D eigenvalue weighted by atomic mass is 16.8. The molecule has 8 rings (SSSR count). The number of esters is 1. The maximum atomic E-state index is 14.5. The number of carbonyl (C=O) groups excluding carboxylic acids is 6. The zero-order chi connectivity index (χ0) is 98.2. The quantitative estimate of drug-likeness (QED) is 0.0253. The molecule has 131 heavy (non-hydrogen) atoms. The van der Waals surface area contributed by atoms with Gasteiger partial charge >= 0.3 is 29.8 Å². The van der Waals surface area contributed by atoms with Crippen molar-refractivity contribution in [1.82, 2.24) is 26.6 Å². The summed E-state index contributed by atoms with van der Waals surface area (Å²) in [5, 5.41) is 328. The number of amides is 5. The lowest BCUT2D eigenvalue weighted by Crippen LogP contribution is -2.73. The molecule has 0 saturated carbocycles. The first kappa shape index (κ1) is 109. The molecule has 752 valence electrons. The molecule has 8 aliphatic rings. The predicted molar refractivity (Wildman–Crippen MR) is 401 cm³/mol. The van der Waals surface area contributed by atoms with Crippen molar-refractivity contribution in [3.05, 3.63) is 0 Å². The molecule has 44 atom stereocenters. The van der Waals surface area contributed by atoms with E-state index in [0.29, 0.717) is 0 Å². The summed E-state index contributed by atoms with van der Waals surface area (Å²) in [5.41, 5.74) is 0. The van der Waals surface area contributed by atoms with Crippen molar-refractivity contribution in [2.75, 3.05) is 52.9 Å². The summed E-state index contributed by atoms with van der Waals surface area (Å²) < 4.78 is 92.4. The van der Waals surface area contributed by atoms with Crippen molar-refractivity contribution in [3.63, 3.8) is 0 Å². The molecule has 0 aliphatic carbocycles. The Balaban J connectivity index is 1.19. The van der Waals surface area contributed by atoms with Crippen LogP contribution >= 0.6 is 0 Å². The average molecular weight is 1910 g/mol. The zero-order valence-electron chi connectivity index (χ0n) is 70.2. The highest BCUT2D eigenvalue weighted by Crippen LogP contribution is 2.46. The molecule has 8 heterocycles. The second kappa shape index (κ2) is 45.9. The highest BCUT2D eigenvalue weighted by molar-refractivity contribution is 5.79. The van der Waals surface area contributed by atoms with E-state index < -0.39 is 406 Å². The van der Waals surface area contributed by atoms with Crippen molar-refractivity contribution >= 4 is 59.4 Å². The van der Waals surface area contributed by atoms with Gasteiger partial charge in [0.2, 0.25) is 29.5 Å². The number of nitrogens with one attached hydrogen (secondary N) is 5. The molecule has 0 aromatic carbocycles. The summed E-state index contributed by atoms with van der Waals surface area (Å²) in [6, 6.07) is -10.5. The van der Waals surface area contributed by atoms with E-state index in [0.717, 1.165) is 41.5 Å². The van der Waals surface area contributed by atoms with E-state index >= 15 is 0 Å². The summed E-state index contributed by atoms with van der Waals surface area (Å²) in [7, 11) is 0. The summed E-state index contributed by atoms with van der Waals surface area (Å²) in [4.78, 5) is 131. The first-order valence-corrected chi connectivity index (χ1v) is 40.5. The Morgan fingerprint density at radius 1 is 0.336 bits per heavy atom. The molecule has 0 aromatic rings. The summed E-state index contributed by atoms with van der Waals surface area (Å²) >= 11 is 0. The number of aliphatic carboxylic acids is 4. The number of carboxylic acids is 4. The largest absolute Gasteiger partial charge is 0.477 e. The molecule has 0 radical (unpaired) electrons. The molecule has 8 saturated heterocycles. The summed E-state index contributed by atoms with van der Waals surface area (Å²) in [6.45, 7) is -6.24. The third-order valence-corrected chi connectivity index (χ3v) is 22.9. The van der Waals surface area contributed by atoms with E-state index in [-0.39, 0.29) is 0 Å². The third-order valence-electron chi connectivity index (χ3n) is 22.9. The summed E-state index contributed by atoms with van der Waals surface area (Å²) in [5.74, 6) is -30.5. The standard InChI is InChI=1S/C72H115N5O54/c1-19(85)73-37-27(93)9-71(67(112)113,127-55(37)42(97)29(95)11-78)130-59-45(100)32(13-80)119-63(50(59)105)123-54-41(77-23(5)89)62(118-31(12-79)44(54)99)122-53-36(17-84)120-64(121-52-35(16-83)117-61(107)49(104)48(52)103)51(106)60(53)131-72(68(114)115)10-28(94)40(76-22(4)88)58(129-72)47(102)34(15-82)125-70(66(110)111)8-26(92)39(75-21(3)87)57(128-70)46(101)33(14-81)124-69(65(108)109)7-25(91)38(74-20(2)86)56(126-69)43(98)30(96)18-116-24(6)90/h25-64,78-84,91-107H,7-18H2,1-6H3,(H,73,85)(H,74,86)(H,75,87)(H,76,88)(H,77,89)(H,108,109)(H,110,111)(H,112,113)(H,114,115)/t25-,26-,27-,28-,29+,30+,31+,32+,33+,34+,35+,36+,37+,38+,39+,40+,41+,42+,43+,44-,45-,46+,47+,48+,49+,50+,51+,52+,53-,54+,55+,56+,57+,58+,59-,60+,61+,62-,63-,64-,69+,70+,71-,72-/m0/s1. The number of ether oxygens (including phenoxy) is 16. The minimum atomic E-state index is -3.90. The normalized spacial score (nSPS) is 41.8. The molecule has 8 aliphatic heterocycles. The molecule has 59 nitrogen and oxygen atoms in total. The lowest BCUT2D eigenvalue weighted by molar-refractivity contribution is -0.405. The van der Waals surface area contributed by atoms with Crippen LogP contribution in [0.25, 0.3) is 0 Å². The van der Waals surface area contributed by atoms with Crippen LogP contribution in [0.1, 0.15) is 67.2 Å². The van der Waals surface area contributed by atoms with Crippen LogP contribution in [0.3, 0.4) is 0 Å². The first-order valence-electron chi connectivity index (χ1n) is 40.5. The van der Waals surface area contributed by atoms with Crippen molar-refractivity contribution < 1.29 is 267 Å². The van der Waals surface area contributed by atoms with Gasteiger partial charge in [0.1, 0.15) is 177 Å². The summed E-state index contributed by atoms with van der Waals surface area (Å²) in [6.07, 6.45) is -92.6. The topological polar surface area (TPSA) is 945 Å². The molecule has 0 unspecified atom stereocenters. The SMILES string of the molecule is CC(=O)N[C@H]1[C@H](O[C@@H]2[C@H](O[C@]3(C(=O)O)C[C@H](O)[C@@H](NC(C)=O)[C@H]([C@H](O)[C@@H](CO)O[C@]4(C(=O)O)C[C@H](O)[C@@H](NC(C)=O)[C@H]([C@H](O)[C@@H](CO)O[C@]5(C(=O)O)C[C@H](O)[C@@H](NC(C)=O)[C@H]([C@H](O)[C@H](O)COC(C)=O)O5)O4)O3)[C@@H](O)[C@H](O[C@H]3[C@H](O)[C@@H](O)[C@H](O)O[C@@H]3CO)O[C@@H]2CO)O[C@H](CO)[C@H](O)[C@@H]1O[C@@H]1O[C@H](CO)[C@H](O)[C@H](O[C@]2(C(=O)O)C[C@H](O)[C@@H](NC(C)=O)[C@H]([C@H](O)[C@H](O)CO)O2)[C@H]1O. The molecule has 59 heteroatoms. The first-order chi connectivity index (χ1) is 61.2. The Kier molecular flexibility index (Phi) is 38.3. The molecule has 0 spiro atoms. The molecular weight excluding hydrogens is 1800 g/mol. The van der Waals surface area contributed by atoms with E-state index in [2.05, 4.69) is 26.6 Å². The fraction of sp³-hybridized carbons (Fsp3) is 0.861.